The van der Waals surface area contributed by atoms with Gasteiger partial charge in [0.05, 0.1) is 6.61 Å². The Bertz CT molecular complexity index is 191. The highest BCUT2D eigenvalue weighted by molar-refractivity contribution is 5.74. The SMILES string of the molecule is CCOC(=O)[C@@H](CC(C)C)[N+](=O)[O-]. The number of ether oxygens (including phenoxy) is 1. The lowest BCUT2D eigenvalue weighted by Gasteiger charge is -2.09. The van der Waals surface area contributed by atoms with Crippen molar-refractivity contribution in [3.05, 3.63) is 10.1 Å². The molecular weight excluding hydrogens is 174 g/mol. The zero-order valence-electron chi connectivity index (χ0n) is 8.15. The minimum absolute atomic E-state index is 0.111. The van der Waals surface area contributed by atoms with E-state index in [2.05, 4.69) is 4.74 Å². The summed E-state index contributed by atoms with van der Waals surface area (Å²) in [4.78, 5) is 20.9. The molecule has 0 saturated carbocycles. The Kier molecular flexibility index (Phi) is 5.03. The molecule has 0 radical (unpaired) electrons. The van der Waals surface area contributed by atoms with E-state index >= 15 is 0 Å². The summed E-state index contributed by atoms with van der Waals surface area (Å²) in [5, 5.41) is 10.5. The molecule has 0 aromatic carbocycles. The zero-order chi connectivity index (χ0) is 10.4. The third kappa shape index (κ3) is 4.45. The predicted molar refractivity (Wildman–Crippen MR) is 46.9 cm³/mol. The Morgan fingerprint density at radius 3 is 2.38 bits per heavy atom. The maximum Gasteiger partial charge on any atom is 0.381 e. The molecule has 0 spiro atoms. The summed E-state index contributed by atoms with van der Waals surface area (Å²) in [5.41, 5.74) is 0. The first-order chi connectivity index (χ1) is 5.99. The van der Waals surface area contributed by atoms with Crippen LogP contribution in [-0.2, 0) is 9.53 Å². The van der Waals surface area contributed by atoms with Crippen LogP contribution in [0, 0.1) is 16.0 Å². The fourth-order valence-electron chi connectivity index (χ4n) is 0.953. The number of nitro groups is 1. The fourth-order valence-corrected chi connectivity index (χ4v) is 0.953. The number of hydrogen-bond acceptors (Lipinski definition) is 4. The summed E-state index contributed by atoms with van der Waals surface area (Å²) in [7, 11) is 0. The van der Waals surface area contributed by atoms with Gasteiger partial charge in [-0.05, 0) is 12.8 Å². The lowest BCUT2D eigenvalue weighted by Crippen LogP contribution is -2.32. The van der Waals surface area contributed by atoms with Gasteiger partial charge in [-0.2, -0.15) is 0 Å². The first-order valence-electron chi connectivity index (χ1n) is 4.29. The van der Waals surface area contributed by atoms with Crippen molar-refractivity contribution in [3.63, 3.8) is 0 Å². The van der Waals surface area contributed by atoms with Crippen LogP contribution in [0.5, 0.6) is 0 Å². The van der Waals surface area contributed by atoms with E-state index in [0.29, 0.717) is 0 Å². The molecular formula is C8H15NO4. The van der Waals surface area contributed by atoms with E-state index in [-0.39, 0.29) is 18.9 Å². The van der Waals surface area contributed by atoms with Gasteiger partial charge in [-0.25, -0.2) is 4.79 Å². The molecule has 0 N–H and O–H groups in total. The standard InChI is InChI=1S/C8H15NO4/c1-4-13-8(10)7(9(11)12)5-6(2)3/h6-7H,4-5H2,1-3H3/t7-/m1/s1. The molecule has 76 valence electrons. The van der Waals surface area contributed by atoms with Crippen molar-refractivity contribution in [2.45, 2.75) is 33.2 Å². The Morgan fingerprint density at radius 2 is 2.08 bits per heavy atom. The van der Waals surface area contributed by atoms with Gasteiger partial charge in [0.1, 0.15) is 0 Å². The van der Waals surface area contributed by atoms with E-state index in [1.165, 1.54) is 0 Å². The van der Waals surface area contributed by atoms with Gasteiger partial charge in [-0.15, -0.1) is 0 Å². The van der Waals surface area contributed by atoms with Crippen LogP contribution in [0.25, 0.3) is 0 Å². The smallest absolute Gasteiger partial charge is 0.381 e. The maximum absolute atomic E-state index is 11.1. The van der Waals surface area contributed by atoms with E-state index in [9.17, 15) is 14.9 Å². The number of carbonyl (C=O) groups is 1. The molecule has 5 nitrogen and oxygen atoms in total. The lowest BCUT2D eigenvalue weighted by atomic mass is 10.0. The van der Waals surface area contributed by atoms with Gasteiger partial charge >= 0.3 is 12.0 Å². The lowest BCUT2D eigenvalue weighted by molar-refractivity contribution is -0.512. The van der Waals surface area contributed by atoms with Crippen molar-refractivity contribution < 1.29 is 14.5 Å². The third-order valence-corrected chi connectivity index (χ3v) is 1.51. The van der Waals surface area contributed by atoms with Crippen molar-refractivity contribution in [2.75, 3.05) is 6.61 Å². The molecule has 0 unspecified atom stereocenters. The molecule has 0 aromatic rings. The molecule has 0 rings (SSSR count). The van der Waals surface area contributed by atoms with E-state index in [0.717, 1.165) is 0 Å². The van der Waals surface area contributed by atoms with Gasteiger partial charge < -0.3 is 4.74 Å². The zero-order valence-corrected chi connectivity index (χ0v) is 8.15. The second kappa shape index (κ2) is 5.50. The maximum atomic E-state index is 11.1. The molecule has 0 aliphatic carbocycles. The van der Waals surface area contributed by atoms with Crippen LogP contribution in [0.1, 0.15) is 27.2 Å². The van der Waals surface area contributed by atoms with Gasteiger partial charge in [-0.3, -0.25) is 10.1 Å². The summed E-state index contributed by atoms with van der Waals surface area (Å²) >= 11 is 0. The Balaban J connectivity index is 4.24. The van der Waals surface area contributed by atoms with Gasteiger partial charge in [-0.1, -0.05) is 13.8 Å². The Labute approximate surface area is 77.2 Å². The Hall–Kier alpha value is -1.13. The van der Waals surface area contributed by atoms with Gasteiger partial charge in [0, 0.05) is 11.3 Å². The minimum atomic E-state index is -1.21. The highest BCUT2D eigenvalue weighted by Gasteiger charge is 2.31. The van der Waals surface area contributed by atoms with Crippen LogP contribution in [0.3, 0.4) is 0 Å². The average molecular weight is 189 g/mol. The quantitative estimate of drug-likeness (QED) is 0.370. The van der Waals surface area contributed by atoms with Crippen molar-refractivity contribution in [2.24, 2.45) is 5.92 Å². The van der Waals surface area contributed by atoms with E-state index in [1.54, 1.807) is 6.92 Å². The number of carbonyl (C=O) groups excluding carboxylic acids is 1. The summed E-state index contributed by atoms with van der Waals surface area (Å²) in [6, 6.07) is -1.21. The molecule has 0 heterocycles. The van der Waals surface area contributed by atoms with Crippen molar-refractivity contribution in [1.82, 2.24) is 0 Å². The first-order valence-corrected chi connectivity index (χ1v) is 4.29. The van der Waals surface area contributed by atoms with Crippen LogP contribution in [-0.4, -0.2) is 23.5 Å². The molecule has 13 heavy (non-hydrogen) atoms. The predicted octanol–water partition coefficient (Wildman–Crippen LogP) is 1.24. The van der Waals surface area contributed by atoms with E-state index in [4.69, 9.17) is 0 Å². The minimum Gasteiger partial charge on any atom is -0.461 e. The highest BCUT2D eigenvalue weighted by atomic mass is 16.6. The fraction of sp³-hybridized carbons (Fsp3) is 0.875. The van der Waals surface area contributed by atoms with Gasteiger partial charge in [0.2, 0.25) is 0 Å². The largest absolute Gasteiger partial charge is 0.461 e. The van der Waals surface area contributed by atoms with Gasteiger partial charge in [0.15, 0.2) is 0 Å². The first kappa shape index (κ1) is 11.9. The van der Waals surface area contributed by atoms with Crippen LogP contribution in [0.15, 0.2) is 0 Å². The van der Waals surface area contributed by atoms with Crippen molar-refractivity contribution in [1.29, 1.82) is 0 Å². The number of rotatable bonds is 5. The summed E-state index contributed by atoms with van der Waals surface area (Å²) < 4.78 is 4.59. The molecule has 0 aliphatic rings. The number of esters is 1. The molecule has 5 heteroatoms. The van der Waals surface area contributed by atoms with Crippen LogP contribution in [0.4, 0.5) is 0 Å². The third-order valence-electron chi connectivity index (χ3n) is 1.51. The summed E-state index contributed by atoms with van der Waals surface area (Å²) in [6.07, 6.45) is 0.228. The molecule has 0 saturated heterocycles. The molecule has 0 fully saturated rings. The number of hydrogen-bond donors (Lipinski definition) is 0. The molecule has 0 bridgehead atoms. The molecule has 1 atom stereocenters. The van der Waals surface area contributed by atoms with Crippen molar-refractivity contribution in [3.8, 4) is 0 Å². The summed E-state index contributed by atoms with van der Waals surface area (Å²) in [6.45, 7) is 5.47. The Morgan fingerprint density at radius 1 is 1.54 bits per heavy atom. The molecule has 0 amide bonds. The summed E-state index contributed by atoms with van der Waals surface area (Å²) in [5.74, 6) is -0.624. The number of nitrogens with zero attached hydrogens (tertiary/aromatic N) is 1. The topological polar surface area (TPSA) is 69.4 Å². The normalized spacial score (nSPS) is 12.6. The van der Waals surface area contributed by atoms with E-state index < -0.39 is 16.9 Å². The monoisotopic (exact) mass is 189 g/mol. The molecule has 0 aromatic heterocycles. The molecule has 0 aliphatic heterocycles. The van der Waals surface area contributed by atoms with Crippen LogP contribution < -0.4 is 0 Å². The van der Waals surface area contributed by atoms with Gasteiger partial charge in [0.25, 0.3) is 0 Å². The van der Waals surface area contributed by atoms with Crippen LogP contribution in [0.2, 0.25) is 0 Å². The van der Waals surface area contributed by atoms with Crippen molar-refractivity contribution >= 4 is 5.97 Å². The average Bonchev–Trinajstić information content (AvgIpc) is 1.99. The highest BCUT2D eigenvalue weighted by Crippen LogP contribution is 2.09. The van der Waals surface area contributed by atoms with E-state index in [1.807, 2.05) is 13.8 Å². The second-order valence-corrected chi connectivity index (χ2v) is 3.18. The van der Waals surface area contributed by atoms with Crippen LogP contribution >= 0.6 is 0 Å². The second-order valence-electron chi connectivity index (χ2n) is 3.18.